The minimum atomic E-state index is -0.178. The van der Waals surface area contributed by atoms with Gasteiger partial charge < -0.3 is 9.73 Å². The third-order valence-electron chi connectivity index (χ3n) is 2.95. The molecule has 24 heavy (non-hydrogen) atoms. The fraction of sp³-hybridized carbons (Fsp3) is 0.0625. The number of carbonyl (C=O) groups excluding carboxylic acids is 1. The van der Waals surface area contributed by atoms with Crippen LogP contribution in [0, 0.1) is 0 Å². The van der Waals surface area contributed by atoms with Crippen molar-refractivity contribution >= 4 is 50.9 Å². The Bertz CT molecular complexity index is 872. The predicted octanol–water partition coefficient (Wildman–Crippen LogP) is 4.88. The number of rotatable bonds is 5. The lowest BCUT2D eigenvalue weighted by atomic mass is 10.2. The Morgan fingerprint density at radius 3 is 2.83 bits per heavy atom. The summed E-state index contributed by atoms with van der Waals surface area (Å²) in [5.74, 6) is 0.382. The van der Waals surface area contributed by atoms with E-state index in [0.29, 0.717) is 21.8 Å². The number of nitrogens with one attached hydrogen (secondary N) is 1. The van der Waals surface area contributed by atoms with Crippen molar-refractivity contribution in [2.24, 2.45) is 0 Å². The van der Waals surface area contributed by atoms with Gasteiger partial charge in [0.25, 0.3) is 5.22 Å². The molecule has 1 aromatic heterocycles. The van der Waals surface area contributed by atoms with Crippen molar-refractivity contribution in [3.8, 4) is 11.5 Å². The summed E-state index contributed by atoms with van der Waals surface area (Å²) in [5.41, 5.74) is 1.45. The zero-order valence-corrected chi connectivity index (χ0v) is 15.4. The van der Waals surface area contributed by atoms with Crippen LogP contribution in [-0.4, -0.2) is 21.9 Å². The second-order valence-corrected chi connectivity index (χ2v) is 6.92. The van der Waals surface area contributed by atoms with E-state index in [-0.39, 0.29) is 11.7 Å². The molecule has 0 aliphatic rings. The summed E-state index contributed by atoms with van der Waals surface area (Å²) < 4.78 is 6.44. The van der Waals surface area contributed by atoms with E-state index in [9.17, 15) is 4.79 Å². The molecule has 0 saturated carbocycles. The van der Waals surface area contributed by atoms with Crippen LogP contribution < -0.4 is 5.32 Å². The third-order valence-corrected chi connectivity index (χ3v) is 4.69. The van der Waals surface area contributed by atoms with Crippen molar-refractivity contribution in [3.63, 3.8) is 0 Å². The standard InChI is InChI=1S/C16H11BrClN3O2S/c17-13-7-2-1-6-12(13)15-20-21-16(23-15)24-9-14(22)19-11-5-3-4-10(18)8-11/h1-8H,9H2,(H,19,22). The molecule has 0 spiro atoms. The Kier molecular flexibility index (Phi) is 5.55. The normalized spacial score (nSPS) is 10.6. The van der Waals surface area contributed by atoms with Gasteiger partial charge in [0.1, 0.15) is 0 Å². The van der Waals surface area contributed by atoms with Gasteiger partial charge >= 0.3 is 0 Å². The molecular weight excluding hydrogens is 414 g/mol. The van der Waals surface area contributed by atoms with Crippen LogP contribution in [0.3, 0.4) is 0 Å². The van der Waals surface area contributed by atoms with Crippen LogP contribution >= 0.6 is 39.3 Å². The number of carbonyl (C=O) groups is 1. The lowest BCUT2D eigenvalue weighted by Gasteiger charge is -2.03. The van der Waals surface area contributed by atoms with Gasteiger partial charge in [-0.1, -0.05) is 41.6 Å². The lowest BCUT2D eigenvalue weighted by Crippen LogP contribution is -2.13. The zero-order chi connectivity index (χ0) is 16.9. The molecule has 1 N–H and O–H groups in total. The first-order valence-electron chi connectivity index (χ1n) is 6.88. The van der Waals surface area contributed by atoms with Gasteiger partial charge in [-0.2, -0.15) is 0 Å². The molecule has 3 rings (SSSR count). The van der Waals surface area contributed by atoms with E-state index in [4.69, 9.17) is 16.0 Å². The summed E-state index contributed by atoms with van der Waals surface area (Å²) in [4.78, 5) is 12.0. The number of amides is 1. The van der Waals surface area contributed by atoms with E-state index in [1.807, 2.05) is 24.3 Å². The number of anilines is 1. The smallest absolute Gasteiger partial charge is 0.277 e. The molecule has 1 heterocycles. The number of benzene rings is 2. The molecule has 5 nitrogen and oxygen atoms in total. The Hall–Kier alpha value is -1.83. The van der Waals surface area contributed by atoms with E-state index in [2.05, 4.69) is 31.4 Å². The highest BCUT2D eigenvalue weighted by atomic mass is 79.9. The van der Waals surface area contributed by atoms with Crippen LogP contribution in [0.5, 0.6) is 0 Å². The summed E-state index contributed by atoms with van der Waals surface area (Å²) in [6.45, 7) is 0. The first kappa shape index (κ1) is 17.0. The van der Waals surface area contributed by atoms with Gasteiger partial charge in [-0.25, -0.2) is 0 Å². The first-order chi connectivity index (χ1) is 11.6. The summed E-state index contributed by atoms with van der Waals surface area (Å²) in [5, 5.41) is 11.6. The Morgan fingerprint density at radius 2 is 2.04 bits per heavy atom. The summed E-state index contributed by atoms with van der Waals surface area (Å²) >= 11 is 10.5. The van der Waals surface area contributed by atoms with Crippen LogP contribution in [-0.2, 0) is 4.79 Å². The van der Waals surface area contributed by atoms with Crippen molar-refractivity contribution in [2.75, 3.05) is 11.1 Å². The maximum atomic E-state index is 12.0. The Balaban J connectivity index is 1.59. The first-order valence-corrected chi connectivity index (χ1v) is 9.04. The topological polar surface area (TPSA) is 68.0 Å². The van der Waals surface area contributed by atoms with Gasteiger partial charge in [0.2, 0.25) is 11.8 Å². The van der Waals surface area contributed by atoms with Crippen LogP contribution in [0.1, 0.15) is 0 Å². The van der Waals surface area contributed by atoms with Gasteiger partial charge in [0.05, 0.1) is 11.3 Å². The van der Waals surface area contributed by atoms with E-state index < -0.39 is 0 Å². The second kappa shape index (κ2) is 7.83. The minimum absolute atomic E-state index is 0.157. The number of halogens is 2. The quantitative estimate of drug-likeness (QED) is 0.591. The average molecular weight is 425 g/mol. The van der Waals surface area contributed by atoms with Crippen LogP contribution in [0.15, 0.2) is 62.6 Å². The summed E-state index contributed by atoms with van der Waals surface area (Å²) in [6.07, 6.45) is 0. The van der Waals surface area contributed by atoms with E-state index in [1.54, 1.807) is 24.3 Å². The molecule has 0 unspecified atom stereocenters. The van der Waals surface area contributed by atoms with Gasteiger partial charge in [0.15, 0.2) is 0 Å². The van der Waals surface area contributed by atoms with E-state index in [0.717, 1.165) is 10.0 Å². The molecule has 2 aromatic carbocycles. The van der Waals surface area contributed by atoms with Crippen molar-refractivity contribution in [2.45, 2.75) is 5.22 Å². The highest BCUT2D eigenvalue weighted by Crippen LogP contribution is 2.29. The monoisotopic (exact) mass is 423 g/mol. The highest BCUT2D eigenvalue weighted by Gasteiger charge is 2.13. The molecule has 0 radical (unpaired) electrons. The highest BCUT2D eigenvalue weighted by molar-refractivity contribution is 9.10. The number of hydrogen-bond acceptors (Lipinski definition) is 5. The minimum Gasteiger partial charge on any atom is -0.411 e. The van der Waals surface area contributed by atoms with E-state index >= 15 is 0 Å². The second-order valence-electron chi connectivity index (χ2n) is 4.70. The Morgan fingerprint density at radius 1 is 1.21 bits per heavy atom. The fourth-order valence-electron chi connectivity index (χ4n) is 1.90. The molecule has 0 aliphatic heterocycles. The van der Waals surface area contributed by atoms with Crippen molar-refractivity contribution in [1.82, 2.24) is 10.2 Å². The number of aromatic nitrogens is 2. The van der Waals surface area contributed by atoms with Crippen molar-refractivity contribution in [1.29, 1.82) is 0 Å². The largest absolute Gasteiger partial charge is 0.411 e. The van der Waals surface area contributed by atoms with Crippen LogP contribution in [0.25, 0.3) is 11.5 Å². The molecular formula is C16H11BrClN3O2S. The molecule has 0 aliphatic carbocycles. The predicted molar refractivity (Wildman–Crippen MR) is 98.2 cm³/mol. The molecule has 8 heteroatoms. The van der Waals surface area contributed by atoms with Crippen molar-refractivity contribution in [3.05, 3.63) is 58.0 Å². The van der Waals surface area contributed by atoms with Gasteiger partial charge in [-0.3, -0.25) is 4.79 Å². The molecule has 0 fully saturated rings. The molecule has 3 aromatic rings. The number of nitrogens with zero attached hydrogens (tertiary/aromatic N) is 2. The van der Waals surface area contributed by atoms with Crippen LogP contribution in [0.4, 0.5) is 5.69 Å². The van der Waals surface area contributed by atoms with E-state index in [1.165, 1.54) is 11.8 Å². The van der Waals surface area contributed by atoms with Crippen LogP contribution in [0.2, 0.25) is 5.02 Å². The van der Waals surface area contributed by atoms with Gasteiger partial charge in [-0.15, -0.1) is 10.2 Å². The molecule has 122 valence electrons. The fourth-order valence-corrected chi connectivity index (χ4v) is 3.11. The Labute approximate surface area is 155 Å². The summed E-state index contributed by atoms with van der Waals surface area (Å²) in [6, 6.07) is 14.5. The molecule has 0 atom stereocenters. The maximum Gasteiger partial charge on any atom is 0.277 e. The maximum absolute atomic E-state index is 12.0. The number of hydrogen-bond donors (Lipinski definition) is 1. The number of thioether (sulfide) groups is 1. The van der Waals surface area contributed by atoms with Crippen molar-refractivity contribution < 1.29 is 9.21 Å². The third kappa shape index (κ3) is 4.37. The lowest BCUT2D eigenvalue weighted by molar-refractivity contribution is -0.113. The zero-order valence-electron chi connectivity index (χ0n) is 12.2. The molecule has 0 saturated heterocycles. The SMILES string of the molecule is O=C(CSc1nnc(-c2ccccc2Br)o1)Nc1cccc(Cl)c1. The molecule has 1 amide bonds. The average Bonchev–Trinajstić information content (AvgIpc) is 3.02. The van der Waals surface area contributed by atoms with Gasteiger partial charge in [-0.05, 0) is 46.3 Å². The molecule has 0 bridgehead atoms. The van der Waals surface area contributed by atoms with Gasteiger partial charge in [0, 0.05) is 15.2 Å². The summed E-state index contributed by atoms with van der Waals surface area (Å²) in [7, 11) is 0.